The predicted octanol–water partition coefficient (Wildman–Crippen LogP) is 5.16. The minimum Gasteiger partial charge on any atom is -0.350 e. The van der Waals surface area contributed by atoms with Crippen LogP contribution in [-0.4, -0.2) is 59.7 Å². The third kappa shape index (κ3) is 11.6. The molecule has 0 radical (unpaired) electrons. The molecule has 5 N–H and O–H groups in total. The summed E-state index contributed by atoms with van der Waals surface area (Å²) >= 11 is 1.56. The van der Waals surface area contributed by atoms with Crippen LogP contribution in [0, 0.1) is 11.8 Å². The van der Waals surface area contributed by atoms with E-state index in [2.05, 4.69) is 16.0 Å². The van der Waals surface area contributed by atoms with Crippen LogP contribution < -0.4 is 21.7 Å². The van der Waals surface area contributed by atoms with Gasteiger partial charge in [-0.15, -0.1) is 0 Å². The van der Waals surface area contributed by atoms with E-state index in [0.717, 1.165) is 24.0 Å². The van der Waals surface area contributed by atoms with Crippen LogP contribution in [0.1, 0.15) is 85.7 Å². The number of carbonyl (C=O) groups is 4. The average Bonchev–Trinajstić information content (AvgIpc) is 3.58. The fourth-order valence-corrected chi connectivity index (χ4v) is 6.14. The van der Waals surface area contributed by atoms with Crippen molar-refractivity contribution in [2.24, 2.45) is 17.6 Å². The van der Waals surface area contributed by atoms with E-state index in [1.165, 1.54) is 0 Å². The highest BCUT2D eigenvalue weighted by Gasteiger charge is 2.29. The van der Waals surface area contributed by atoms with Gasteiger partial charge < -0.3 is 26.6 Å². The molecule has 1 heterocycles. The van der Waals surface area contributed by atoms with Crippen molar-refractivity contribution in [1.29, 1.82) is 0 Å². The molecular weight excluding hydrogens is 611 g/mol. The van der Waals surface area contributed by atoms with E-state index in [1.807, 2.05) is 79.8 Å². The summed E-state index contributed by atoms with van der Waals surface area (Å²) < 4.78 is 0. The number of amides is 4. The van der Waals surface area contributed by atoms with Gasteiger partial charge in [0.15, 0.2) is 0 Å². The highest BCUT2D eigenvalue weighted by molar-refractivity contribution is 7.07. The summed E-state index contributed by atoms with van der Waals surface area (Å²) in [5.41, 5.74) is 9.56. The van der Waals surface area contributed by atoms with E-state index in [1.54, 1.807) is 42.5 Å². The van der Waals surface area contributed by atoms with Gasteiger partial charge in [-0.2, -0.15) is 11.3 Å². The first-order valence-electron chi connectivity index (χ1n) is 16.6. The van der Waals surface area contributed by atoms with Gasteiger partial charge in [-0.3, -0.25) is 19.2 Å². The Hall–Kier alpha value is -4.02. The zero-order chi connectivity index (χ0) is 34.3. The van der Waals surface area contributed by atoms with Crippen LogP contribution in [0.15, 0.2) is 71.4 Å². The fraction of sp³-hybridized carbons (Fsp3) is 0.459. The molecule has 0 fully saturated rings. The Kier molecular flexibility index (Phi) is 15.1. The lowest BCUT2D eigenvalue weighted by molar-refractivity contribution is -0.132. The molecule has 3 aromatic rings. The Labute approximate surface area is 283 Å². The quantitative estimate of drug-likeness (QED) is 0.150. The van der Waals surface area contributed by atoms with E-state index in [0.29, 0.717) is 43.6 Å². The molecule has 4 unspecified atom stereocenters. The number of benzene rings is 2. The zero-order valence-corrected chi connectivity index (χ0v) is 29.1. The monoisotopic (exact) mass is 661 g/mol. The highest BCUT2D eigenvalue weighted by atomic mass is 32.1. The molecule has 0 aliphatic heterocycles. The summed E-state index contributed by atoms with van der Waals surface area (Å²) in [6.45, 7) is 11.3. The van der Waals surface area contributed by atoms with Crippen LogP contribution in [0.25, 0.3) is 0 Å². The average molecular weight is 662 g/mol. The second-order valence-corrected chi connectivity index (χ2v) is 13.3. The molecule has 0 saturated carbocycles. The summed E-state index contributed by atoms with van der Waals surface area (Å²) in [7, 11) is 0. The summed E-state index contributed by atoms with van der Waals surface area (Å²) in [6, 6.07) is 16.6. The highest BCUT2D eigenvalue weighted by Crippen LogP contribution is 2.17. The summed E-state index contributed by atoms with van der Waals surface area (Å²) in [5.74, 6) is -1.59. The Morgan fingerprint density at radius 2 is 1.51 bits per heavy atom. The molecule has 0 bridgehead atoms. The maximum absolute atomic E-state index is 13.6. The molecule has 254 valence electrons. The minimum absolute atomic E-state index is 0.0943. The Morgan fingerprint density at radius 1 is 0.830 bits per heavy atom. The van der Waals surface area contributed by atoms with E-state index >= 15 is 0 Å². The van der Waals surface area contributed by atoms with Crippen LogP contribution in [0.4, 0.5) is 0 Å². The minimum atomic E-state index is -0.702. The molecule has 3 rings (SSSR count). The molecule has 47 heavy (non-hydrogen) atoms. The maximum atomic E-state index is 13.6. The van der Waals surface area contributed by atoms with Crippen molar-refractivity contribution in [3.8, 4) is 0 Å². The van der Waals surface area contributed by atoms with E-state index in [-0.39, 0.29) is 29.5 Å². The van der Waals surface area contributed by atoms with Gasteiger partial charge in [0.05, 0.1) is 0 Å². The van der Waals surface area contributed by atoms with Gasteiger partial charge in [0.1, 0.15) is 6.04 Å². The molecule has 1 aromatic heterocycles. The second kappa shape index (κ2) is 19.0. The second-order valence-electron chi connectivity index (χ2n) is 12.5. The Balaban J connectivity index is 1.68. The Bertz CT molecular complexity index is 1420. The number of nitrogens with zero attached hydrogens (tertiary/aromatic N) is 1. The smallest absolute Gasteiger partial charge is 0.253 e. The first-order chi connectivity index (χ1) is 22.5. The molecule has 0 aliphatic rings. The van der Waals surface area contributed by atoms with Gasteiger partial charge in [-0.05, 0) is 77.8 Å². The van der Waals surface area contributed by atoms with Gasteiger partial charge in [0, 0.05) is 48.8 Å². The summed E-state index contributed by atoms with van der Waals surface area (Å²) in [4.78, 5) is 54.9. The van der Waals surface area contributed by atoms with Crippen molar-refractivity contribution >= 4 is 35.0 Å². The van der Waals surface area contributed by atoms with Gasteiger partial charge in [-0.25, -0.2) is 0 Å². The van der Waals surface area contributed by atoms with Gasteiger partial charge in [0.2, 0.25) is 11.8 Å². The number of thiophene rings is 1. The van der Waals surface area contributed by atoms with Crippen LogP contribution in [-0.2, 0) is 22.6 Å². The lowest BCUT2D eigenvalue weighted by Crippen LogP contribution is -2.53. The van der Waals surface area contributed by atoms with Crippen LogP contribution in [0.5, 0.6) is 0 Å². The summed E-state index contributed by atoms with van der Waals surface area (Å²) in [6.07, 6.45) is 2.48. The van der Waals surface area contributed by atoms with E-state index in [4.69, 9.17) is 5.73 Å². The lowest BCUT2D eigenvalue weighted by atomic mass is 9.92. The fourth-order valence-electron chi connectivity index (χ4n) is 5.46. The van der Waals surface area contributed by atoms with Gasteiger partial charge in [-0.1, -0.05) is 71.0 Å². The third-order valence-corrected chi connectivity index (χ3v) is 8.88. The van der Waals surface area contributed by atoms with Crippen molar-refractivity contribution < 1.29 is 19.2 Å². The number of nitrogens with two attached hydrogens (primary N) is 1. The number of hydrogen-bond acceptors (Lipinski definition) is 6. The lowest BCUT2D eigenvalue weighted by Gasteiger charge is -2.28. The topological polar surface area (TPSA) is 134 Å². The van der Waals surface area contributed by atoms with Gasteiger partial charge >= 0.3 is 0 Å². The largest absolute Gasteiger partial charge is 0.350 e. The van der Waals surface area contributed by atoms with Crippen molar-refractivity contribution in [1.82, 2.24) is 20.9 Å². The van der Waals surface area contributed by atoms with Crippen molar-refractivity contribution in [2.45, 2.75) is 85.0 Å². The SMILES string of the molecule is CCCN(CCC)C(=O)c1cccc(C(=O)NC(Cc2ccsc2)C(N)CC(C)C(=O)NC(C(=O)NCc2ccccc2)C(C)C)c1. The standard InChI is InChI=1S/C37H51N5O4S/c1-6-17-42(18-7-2)37(46)30-15-11-14-29(22-30)35(44)40-32(21-28-16-19-47-24-28)31(38)20-26(5)34(43)41-33(25(3)4)36(45)39-23-27-12-9-8-10-13-27/h8-16,19,22,24-26,31-33H,6-7,17-18,20-21,23,38H2,1-5H3,(H,39,45)(H,40,44)(H,41,43). The molecule has 2 aromatic carbocycles. The molecule has 0 aliphatic carbocycles. The molecule has 4 amide bonds. The van der Waals surface area contributed by atoms with E-state index < -0.39 is 24.0 Å². The first-order valence-corrected chi connectivity index (χ1v) is 17.6. The number of rotatable bonds is 18. The molecule has 0 saturated heterocycles. The number of nitrogens with one attached hydrogen (secondary N) is 3. The van der Waals surface area contributed by atoms with Gasteiger partial charge in [0.25, 0.3) is 11.8 Å². The molecule has 9 nitrogen and oxygen atoms in total. The first kappa shape index (κ1) is 37.4. The van der Waals surface area contributed by atoms with Crippen molar-refractivity contribution in [3.63, 3.8) is 0 Å². The number of hydrogen-bond donors (Lipinski definition) is 4. The van der Waals surface area contributed by atoms with Crippen LogP contribution >= 0.6 is 11.3 Å². The predicted molar refractivity (Wildman–Crippen MR) is 189 cm³/mol. The maximum Gasteiger partial charge on any atom is 0.253 e. The zero-order valence-electron chi connectivity index (χ0n) is 28.3. The van der Waals surface area contributed by atoms with E-state index in [9.17, 15) is 19.2 Å². The molecule has 0 spiro atoms. The third-order valence-electron chi connectivity index (χ3n) is 8.14. The summed E-state index contributed by atoms with van der Waals surface area (Å²) in [5, 5.41) is 12.9. The van der Waals surface area contributed by atoms with Crippen LogP contribution in [0.3, 0.4) is 0 Å². The number of carbonyl (C=O) groups excluding carboxylic acids is 4. The normalized spacial score (nSPS) is 13.7. The van der Waals surface area contributed by atoms with Crippen molar-refractivity contribution in [3.05, 3.63) is 93.7 Å². The molecule has 4 atom stereocenters. The van der Waals surface area contributed by atoms with Crippen molar-refractivity contribution in [2.75, 3.05) is 13.1 Å². The Morgan fingerprint density at radius 3 is 2.13 bits per heavy atom. The molecular formula is C37H51N5O4S. The molecule has 10 heteroatoms. The van der Waals surface area contributed by atoms with Crippen LogP contribution in [0.2, 0.25) is 0 Å².